The minimum atomic E-state index is -0.333. The number of fused-ring (bicyclic) bond motifs is 1. The minimum Gasteiger partial charge on any atom is -0.213 e. The topological polar surface area (TPSA) is 0 Å². The van der Waals surface area contributed by atoms with Crippen LogP contribution in [0.3, 0.4) is 0 Å². The lowest BCUT2D eigenvalue weighted by atomic mass is 9.70. The molecule has 4 atom stereocenters. The number of rotatable bonds is 7. The molecule has 0 aromatic carbocycles. The fraction of sp³-hybridized carbons (Fsp3) is 0.810. The predicted octanol–water partition coefficient (Wildman–Crippen LogP) is 7.46. The van der Waals surface area contributed by atoms with Crippen molar-refractivity contribution in [2.75, 3.05) is 0 Å². The van der Waals surface area contributed by atoms with Crippen LogP contribution in [-0.4, -0.2) is 0 Å². The van der Waals surface area contributed by atoms with Crippen molar-refractivity contribution in [1.29, 1.82) is 0 Å². The van der Waals surface area contributed by atoms with E-state index < -0.39 is 0 Å². The van der Waals surface area contributed by atoms with E-state index in [1.165, 1.54) is 71.1 Å². The van der Waals surface area contributed by atoms with Crippen LogP contribution in [0.5, 0.6) is 0 Å². The highest BCUT2D eigenvalue weighted by Gasteiger charge is 2.50. The predicted molar refractivity (Wildman–Crippen MR) is 96.5 cm³/mol. The summed E-state index contributed by atoms with van der Waals surface area (Å²) in [6, 6.07) is 0. The van der Waals surface area contributed by atoms with Gasteiger partial charge < -0.3 is 0 Å². The molecule has 4 unspecified atom stereocenters. The molecule has 2 aliphatic rings. The quantitative estimate of drug-likeness (QED) is 0.338. The van der Waals surface area contributed by atoms with Gasteiger partial charge >= 0.3 is 0 Å². The van der Waals surface area contributed by atoms with Gasteiger partial charge in [0.1, 0.15) is 0 Å². The van der Waals surface area contributed by atoms with Crippen LogP contribution >= 0.6 is 0 Å². The molecule has 0 heterocycles. The highest BCUT2D eigenvalue weighted by atomic mass is 19.1. The summed E-state index contributed by atoms with van der Waals surface area (Å²) < 4.78 is 10.8. The summed E-state index contributed by atoms with van der Waals surface area (Å²) in [7, 11) is 0. The van der Waals surface area contributed by atoms with Crippen molar-refractivity contribution in [2.24, 2.45) is 23.2 Å². The smallest absolute Gasteiger partial charge is 0.0897 e. The third-order valence-electron chi connectivity index (χ3n) is 5.81. The second-order valence-electron chi connectivity index (χ2n) is 7.82. The Morgan fingerprint density at radius 2 is 1.95 bits per heavy atom. The molecule has 2 aliphatic carbocycles. The summed E-state index contributed by atoms with van der Waals surface area (Å²) in [6.45, 7) is 13.0. The molecule has 0 N–H and O–H groups in total. The lowest BCUT2D eigenvalue weighted by molar-refractivity contribution is 0.161. The van der Waals surface area contributed by atoms with Crippen molar-refractivity contribution in [3.05, 3.63) is 25.1 Å². The average molecular weight is 309 g/mol. The van der Waals surface area contributed by atoms with Gasteiger partial charge in [-0.1, -0.05) is 52.2 Å². The van der Waals surface area contributed by atoms with Gasteiger partial charge in [-0.2, -0.15) is 0 Å². The first-order valence-electron chi connectivity index (χ1n) is 9.37. The maximum atomic E-state index is 10.8. The summed E-state index contributed by atoms with van der Waals surface area (Å²) in [5.74, 6) is 2.75. The van der Waals surface area contributed by atoms with E-state index in [1.807, 2.05) is 0 Å². The molecule has 2 fully saturated rings. The van der Waals surface area contributed by atoms with Crippen molar-refractivity contribution < 1.29 is 4.39 Å². The van der Waals surface area contributed by atoms with Crippen molar-refractivity contribution in [1.82, 2.24) is 0 Å². The van der Waals surface area contributed by atoms with Crippen molar-refractivity contribution in [3.8, 4) is 0 Å². The highest BCUT2D eigenvalue weighted by molar-refractivity contribution is 5.03. The van der Waals surface area contributed by atoms with Crippen molar-refractivity contribution in [2.45, 2.75) is 85.0 Å². The van der Waals surface area contributed by atoms with Gasteiger partial charge in [0.25, 0.3) is 0 Å². The van der Waals surface area contributed by atoms with Gasteiger partial charge in [-0.25, -0.2) is 4.39 Å². The average Bonchev–Trinajstić information content (AvgIpc) is 2.95. The van der Waals surface area contributed by atoms with Gasteiger partial charge in [-0.3, -0.25) is 0 Å². The summed E-state index contributed by atoms with van der Waals surface area (Å²) >= 11 is 0. The van der Waals surface area contributed by atoms with E-state index in [4.69, 9.17) is 0 Å². The third-order valence-corrected chi connectivity index (χ3v) is 5.81. The zero-order valence-electron chi connectivity index (χ0n) is 15.2. The number of unbranched alkanes of at least 4 members (excludes halogenated alkanes) is 3. The molecule has 128 valence electrons. The summed E-state index contributed by atoms with van der Waals surface area (Å²) in [4.78, 5) is 0. The lowest BCUT2D eigenvalue weighted by Crippen LogP contribution is -2.26. The summed E-state index contributed by atoms with van der Waals surface area (Å²) in [5, 5.41) is 0. The second kappa shape index (κ2) is 9.53. The lowest BCUT2D eigenvalue weighted by Gasteiger charge is -2.35. The Hall–Kier alpha value is -0.590. The monoisotopic (exact) mass is 308 g/mol. The zero-order chi connectivity index (χ0) is 16.6. The highest BCUT2D eigenvalue weighted by Crippen LogP contribution is 2.60. The number of hydrogen-bond donors (Lipinski definition) is 0. The Kier molecular flexibility index (Phi) is 8.43. The third kappa shape index (κ3) is 5.56. The zero-order valence-corrected chi connectivity index (χ0v) is 15.2. The molecule has 2 saturated carbocycles. The molecule has 0 bridgehead atoms. The summed E-state index contributed by atoms with van der Waals surface area (Å²) in [5.41, 5.74) is 0.658. The van der Waals surface area contributed by atoms with E-state index in [-0.39, 0.29) is 5.83 Å². The van der Waals surface area contributed by atoms with Crippen LogP contribution < -0.4 is 0 Å². The first-order chi connectivity index (χ1) is 10.4. The SMILES string of the molecule is C=C(C)F.C=CCC1(CCCCCC)CCC2CC(C)CC21. The largest absolute Gasteiger partial charge is 0.213 e. The van der Waals surface area contributed by atoms with Crippen molar-refractivity contribution >= 4 is 0 Å². The molecule has 0 aromatic heterocycles. The van der Waals surface area contributed by atoms with E-state index >= 15 is 0 Å². The molecule has 1 heteroatoms. The molecular weight excluding hydrogens is 271 g/mol. The van der Waals surface area contributed by atoms with Gasteiger partial charge in [0.15, 0.2) is 0 Å². The molecule has 0 saturated heterocycles. The van der Waals surface area contributed by atoms with Crippen LogP contribution in [0, 0.1) is 23.2 Å². The fourth-order valence-electron chi connectivity index (χ4n) is 4.99. The molecule has 0 amide bonds. The first kappa shape index (κ1) is 19.5. The Bertz CT molecular complexity index is 342. The van der Waals surface area contributed by atoms with Crippen LogP contribution in [0.2, 0.25) is 0 Å². The number of allylic oxidation sites excluding steroid dienone is 2. The molecule has 0 radical (unpaired) electrons. The minimum absolute atomic E-state index is 0.333. The Labute approximate surface area is 138 Å². The van der Waals surface area contributed by atoms with Crippen LogP contribution in [0.4, 0.5) is 4.39 Å². The van der Waals surface area contributed by atoms with Gasteiger partial charge in [0, 0.05) is 0 Å². The van der Waals surface area contributed by atoms with Gasteiger partial charge in [0.05, 0.1) is 5.83 Å². The molecule has 0 aliphatic heterocycles. The standard InChI is InChI=1S/C18H32.C3H5F/c1-4-6-7-8-11-18(10-5-2)12-9-16-13-15(3)14-17(16)18;1-3(2)4/h5,15-17H,2,4,6-14H2,1,3H3;1H2,2H3. The molecule has 0 spiro atoms. The van der Waals surface area contributed by atoms with E-state index in [9.17, 15) is 4.39 Å². The Morgan fingerprint density at radius 1 is 1.27 bits per heavy atom. The van der Waals surface area contributed by atoms with Gasteiger partial charge in [-0.15, -0.1) is 6.58 Å². The molecular formula is C21H37F. The second-order valence-corrected chi connectivity index (χ2v) is 7.82. The van der Waals surface area contributed by atoms with Crippen LogP contribution in [-0.2, 0) is 0 Å². The van der Waals surface area contributed by atoms with E-state index in [2.05, 4.69) is 33.1 Å². The molecule has 0 aromatic rings. The van der Waals surface area contributed by atoms with Crippen molar-refractivity contribution in [3.63, 3.8) is 0 Å². The summed E-state index contributed by atoms with van der Waals surface area (Å²) in [6.07, 6.45) is 16.7. The molecule has 0 nitrogen and oxygen atoms in total. The fourth-order valence-corrected chi connectivity index (χ4v) is 4.99. The van der Waals surface area contributed by atoms with E-state index in [0.717, 1.165) is 17.8 Å². The normalized spacial score (nSPS) is 33.0. The Morgan fingerprint density at radius 3 is 2.55 bits per heavy atom. The number of halogens is 1. The maximum Gasteiger partial charge on any atom is 0.0897 e. The van der Waals surface area contributed by atoms with E-state index in [0.29, 0.717) is 5.41 Å². The van der Waals surface area contributed by atoms with Crippen LogP contribution in [0.1, 0.15) is 85.0 Å². The van der Waals surface area contributed by atoms with Crippen LogP contribution in [0.25, 0.3) is 0 Å². The van der Waals surface area contributed by atoms with Gasteiger partial charge in [0.2, 0.25) is 0 Å². The molecule has 2 rings (SSSR count). The number of hydrogen-bond acceptors (Lipinski definition) is 0. The van der Waals surface area contributed by atoms with Gasteiger partial charge in [-0.05, 0) is 68.6 Å². The maximum absolute atomic E-state index is 10.8. The first-order valence-corrected chi connectivity index (χ1v) is 9.37. The Balaban J connectivity index is 0.000000541. The van der Waals surface area contributed by atoms with Crippen LogP contribution in [0.15, 0.2) is 25.1 Å². The molecule has 22 heavy (non-hydrogen) atoms. The van der Waals surface area contributed by atoms with E-state index in [1.54, 1.807) is 0 Å².